The number of rotatable bonds is 8. The summed E-state index contributed by atoms with van der Waals surface area (Å²) in [5.74, 6) is -0.413. The maximum atomic E-state index is 11.9. The Kier molecular flexibility index (Phi) is 7.23. The summed E-state index contributed by atoms with van der Waals surface area (Å²) in [6.45, 7) is 0.285. The number of hydrogen-bond acceptors (Lipinski definition) is 4. The summed E-state index contributed by atoms with van der Waals surface area (Å²) in [6, 6.07) is -0.294. The molecule has 0 saturated heterocycles. The molecule has 0 unspecified atom stereocenters. The van der Waals surface area contributed by atoms with Crippen molar-refractivity contribution in [1.29, 1.82) is 0 Å². The third-order valence-electron chi connectivity index (χ3n) is 3.59. The highest BCUT2D eigenvalue weighted by Gasteiger charge is 2.24. The fourth-order valence-corrected chi connectivity index (χ4v) is 2.91. The van der Waals surface area contributed by atoms with Crippen LogP contribution in [-0.2, 0) is 9.59 Å². The van der Waals surface area contributed by atoms with E-state index in [0.29, 0.717) is 12.5 Å². The minimum Gasteiger partial charge on any atom is -0.480 e. The molecule has 0 heterocycles. The minimum absolute atomic E-state index is 0.192. The predicted molar refractivity (Wildman–Crippen MR) is 77.5 cm³/mol. The quantitative estimate of drug-likeness (QED) is 0.702. The Balaban J connectivity index is 2.36. The molecule has 0 spiro atoms. The van der Waals surface area contributed by atoms with Gasteiger partial charge in [0, 0.05) is 6.04 Å². The van der Waals surface area contributed by atoms with E-state index in [4.69, 9.17) is 5.11 Å². The van der Waals surface area contributed by atoms with Crippen LogP contribution in [0.5, 0.6) is 0 Å². The van der Waals surface area contributed by atoms with Crippen LogP contribution in [-0.4, -0.2) is 59.6 Å². The lowest BCUT2D eigenvalue weighted by Gasteiger charge is -2.24. The first-order valence-corrected chi connectivity index (χ1v) is 8.15. The van der Waals surface area contributed by atoms with Gasteiger partial charge in [-0.05, 0) is 38.3 Å². The van der Waals surface area contributed by atoms with Gasteiger partial charge in [-0.15, -0.1) is 0 Å². The number of nitrogens with zero attached hydrogens (tertiary/aromatic N) is 1. The molecular formula is C13H24N2O3S. The second kappa shape index (κ2) is 8.43. The van der Waals surface area contributed by atoms with Crippen molar-refractivity contribution in [2.75, 3.05) is 25.6 Å². The molecule has 110 valence electrons. The molecule has 1 fully saturated rings. The Labute approximate surface area is 119 Å². The molecule has 1 aliphatic rings. The van der Waals surface area contributed by atoms with Gasteiger partial charge in [0.15, 0.2) is 0 Å². The van der Waals surface area contributed by atoms with Gasteiger partial charge in [0.2, 0.25) is 5.91 Å². The highest BCUT2D eigenvalue weighted by molar-refractivity contribution is 7.98. The first kappa shape index (κ1) is 16.3. The molecule has 6 heteroatoms. The van der Waals surface area contributed by atoms with Crippen molar-refractivity contribution in [3.63, 3.8) is 0 Å². The van der Waals surface area contributed by atoms with Crippen LogP contribution < -0.4 is 5.32 Å². The molecule has 2 N–H and O–H groups in total. The van der Waals surface area contributed by atoms with Crippen LogP contribution in [0.1, 0.15) is 32.1 Å². The van der Waals surface area contributed by atoms with Crippen LogP contribution >= 0.6 is 11.8 Å². The van der Waals surface area contributed by atoms with Gasteiger partial charge in [-0.2, -0.15) is 11.8 Å². The Bertz CT molecular complexity index is 306. The monoisotopic (exact) mass is 288 g/mol. The van der Waals surface area contributed by atoms with E-state index >= 15 is 0 Å². The lowest BCUT2D eigenvalue weighted by Crippen LogP contribution is -2.46. The van der Waals surface area contributed by atoms with Crippen molar-refractivity contribution in [3.8, 4) is 0 Å². The lowest BCUT2D eigenvalue weighted by atomic mass is 10.2. The molecule has 0 radical (unpaired) electrons. The predicted octanol–water partition coefficient (Wildman–Crippen LogP) is 1.18. The number of carbonyl (C=O) groups excluding carboxylic acids is 1. The van der Waals surface area contributed by atoms with Crippen molar-refractivity contribution >= 4 is 23.6 Å². The fraction of sp³-hybridized carbons (Fsp3) is 0.846. The zero-order chi connectivity index (χ0) is 14.3. The highest BCUT2D eigenvalue weighted by atomic mass is 32.2. The first-order chi connectivity index (χ1) is 9.04. The summed E-state index contributed by atoms with van der Waals surface area (Å²) in [4.78, 5) is 24.9. The number of nitrogens with one attached hydrogen (secondary N) is 1. The number of thioether (sulfide) groups is 1. The number of carboxylic acid groups (broad SMARTS) is 1. The Morgan fingerprint density at radius 2 is 2.05 bits per heavy atom. The van der Waals surface area contributed by atoms with Crippen LogP contribution in [0.2, 0.25) is 0 Å². The molecule has 1 rings (SSSR count). The van der Waals surface area contributed by atoms with Crippen LogP contribution in [0.15, 0.2) is 0 Å². The summed E-state index contributed by atoms with van der Waals surface area (Å²) in [6.07, 6.45) is 7.12. The van der Waals surface area contributed by atoms with E-state index in [1.807, 2.05) is 18.2 Å². The third kappa shape index (κ3) is 5.82. The zero-order valence-corrected chi connectivity index (χ0v) is 12.5. The number of amides is 1. The van der Waals surface area contributed by atoms with Gasteiger partial charge in [0.05, 0.1) is 6.54 Å². The molecule has 19 heavy (non-hydrogen) atoms. The van der Waals surface area contributed by atoms with Crippen molar-refractivity contribution in [2.45, 2.75) is 44.2 Å². The van der Waals surface area contributed by atoms with E-state index in [1.165, 1.54) is 12.8 Å². The zero-order valence-electron chi connectivity index (χ0n) is 11.7. The van der Waals surface area contributed by atoms with E-state index < -0.39 is 12.0 Å². The van der Waals surface area contributed by atoms with Crippen LogP contribution in [0.4, 0.5) is 0 Å². The van der Waals surface area contributed by atoms with Crippen molar-refractivity contribution in [2.24, 2.45) is 0 Å². The molecule has 1 aliphatic carbocycles. The first-order valence-electron chi connectivity index (χ1n) is 6.76. The highest BCUT2D eigenvalue weighted by Crippen LogP contribution is 2.21. The largest absolute Gasteiger partial charge is 0.480 e. The van der Waals surface area contributed by atoms with Crippen LogP contribution in [0.3, 0.4) is 0 Å². The van der Waals surface area contributed by atoms with Crippen LogP contribution in [0, 0.1) is 0 Å². The van der Waals surface area contributed by atoms with E-state index in [9.17, 15) is 9.59 Å². The standard InChI is InChI=1S/C13H24N2O3S/c1-15(10-5-3-4-6-10)9-12(16)14-11(13(17)18)7-8-19-2/h10-11H,3-9H2,1-2H3,(H,14,16)(H,17,18)/t11-/m0/s1. The topological polar surface area (TPSA) is 69.6 Å². The molecule has 0 aromatic heterocycles. The van der Waals surface area contributed by atoms with Crippen LogP contribution in [0.25, 0.3) is 0 Å². The average Bonchev–Trinajstić information content (AvgIpc) is 2.87. The average molecular weight is 288 g/mol. The lowest BCUT2D eigenvalue weighted by molar-refractivity contribution is -0.142. The van der Waals surface area contributed by atoms with Gasteiger partial charge >= 0.3 is 5.97 Å². The SMILES string of the molecule is CSCC[C@H](NC(=O)CN(C)C1CCCC1)C(=O)O. The molecule has 0 aliphatic heterocycles. The molecule has 0 aromatic rings. The minimum atomic E-state index is -0.953. The van der Waals surface area contributed by atoms with Gasteiger partial charge in [-0.25, -0.2) is 4.79 Å². The van der Waals surface area contributed by atoms with Gasteiger partial charge in [-0.1, -0.05) is 12.8 Å². The number of carbonyl (C=O) groups is 2. The van der Waals surface area contributed by atoms with Gasteiger partial charge in [0.1, 0.15) is 6.04 Å². The number of hydrogen-bond donors (Lipinski definition) is 2. The molecule has 5 nitrogen and oxygen atoms in total. The number of likely N-dealkylation sites (N-methyl/N-ethyl adjacent to an activating group) is 1. The summed E-state index contributed by atoms with van der Waals surface area (Å²) >= 11 is 1.58. The van der Waals surface area contributed by atoms with Gasteiger partial charge in [-0.3, -0.25) is 9.69 Å². The fourth-order valence-electron chi connectivity index (χ4n) is 2.43. The maximum absolute atomic E-state index is 11.9. The smallest absolute Gasteiger partial charge is 0.326 e. The second-order valence-corrected chi connectivity index (χ2v) is 6.08. The molecule has 0 bridgehead atoms. The summed E-state index contributed by atoms with van der Waals surface area (Å²) in [5.41, 5.74) is 0. The summed E-state index contributed by atoms with van der Waals surface area (Å²) < 4.78 is 0. The Hall–Kier alpha value is -0.750. The Morgan fingerprint density at radius 1 is 1.42 bits per heavy atom. The maximum Gasteiger partial charge on any atom is 0.326 e. The van der Waals surface area contributed by atoms with Crippen molar-refractivity contribution < 1.29 is 14.7 Å². The second-order valence-electron chi connectivity index (χ2n) is 5.09. The molecule has 1 amide bonds. The van der Waals surface area contributed by atoms with Crippen molar-refractivity contribution in [1.82, 2.24) is 10.2 Å². The third-order valence-corrected chi connectivity index (χ3v) is 4.23. The summed E-state index contributed by atoms with van der Waals surface area (Å²) in [7, 11) is 1.94. The normalized spacial score (nSPS) is 17.6. The number of aliphatic carboxylic acids is 1. The van der Waals surface area contributed by atoms with E-state index in [-0.39, 0.29) is 12.5 Å². The molecule has 0 aromatic carbocycles. The number of carboxylic acids is 1. The molecular weight excluding hydrogens is 264 g/mol. The molecule has 1 atom stereocenters. The van der Waals surface area contributed by atoms with Gasteiger partial charge < -0.3 is 10.4 Å². The van der Waals surface area contributed by atoms with E-state index in [0.717, 1.165) is 18.6 Å². The Morgan fingerprint density at radius 3 is 2.58 bits per heavy atom. The van der Waals surface area contributed by atoms with Gasteiger partial charge in [0.25, 0.3) is 0 Å². The summed E-state index contributed by atoms with van der Waals surface area (Å²) in [5, 5.41) is 11.7. The van der Waals surface area contributed by atoms with Crippen molar-refractivity contribution in [3.05, 3.63) is 0 Å². The molecule has 1 saturated carbocycles. The van der Waals surface area contributed by atoms with E-state index in [1.54, 1.807) is 11.8 Å². The van der Waals surface area contributed by atoms with E-state index in [2.05, 4.69) is 5.32 Å².